The Bertz CT molecular complexity index is 747. The van der Waals surface area contributed by atoms with Crippen molar-refractivity contribution >= 4 is 17.6 Å². The van der Waals surface area contributed by atoms with E-state index in [0.717, 1.165) is 28.3 Å². The van der Waals surface area contributed by atoms with Gasteiger partial charge in [-0.25, -0.2) is 4.98 Å². The van der Waals surface area contributed by atoms with Gasteiger partial charge in [0.05, 0.1) is 18.5 Å². The molecular formula is C16H14N2O2S. The highest BCUT2D eigenvalue weighted by Crippen LogP contribution is 2.26. The van der Waals surface area contributed by atoms with E-state index in [9.17, 15) is 4.79 Å². The van der Waals surface area contributed by atoms with Crippen molar-refractivity contribution in [1.29, 1.82) is 0 Å². The summed E-state index contributed by atoms with van der Waals surface area (Å²) in [7, 11) is 1.63. The van der Waals surface area contributed by atoms with Gasteiger partial charge < -0.3 is 9.30 Å². The average molecular weight is 298 g/mol. The molecular weight excluding hydrogens is 284 g/mol. The summed E-state index contributed by atoms with van der Waals surface area (Å²) in [6.07, 6.45) is 4.56. The first kappa shape index (κ1) is 13.6. The van der Waals surface area contributed by atoms with Crippen LogP contribution >= 0.6 is 11.3 Å². The number of thiophene rings is 1. The second-order valence-electron chi connectivity index (χ2n) is 4.55. The summed E-state index contributed by atoms with van der Waals surface area (Å²) >= 11 is 1.65. The lowest BCUT2D eigenvalue weighted by atomic mass is 10.1. The Hall–Kier alpha value is -2.40. The molecule has 0 unspecified atom stereocenters. The number of aldehydes is 1. The van der Waals surface area contributed by atoms with Gasteiger partial charge in [-0.05, 0) is 29.6 Å². The monoisotopic (exact) mass is 298 g/mol. The molecule has 0 saturated carbocycles. The maximum atomic E-state index is 11.0. The van der Waals surface area contributed by atoms with Crippen molar-refractivity contribution in [2.45, 2.75) is 6.54 Å². The van der Waals surface area contributed by atoms with Crippen LogP contribution in [0.15, 0.2) is 48.1 Å². The predicted molar refractivity (Wildman–Crippen MR) is 83.0 cm³/mol. The van der Waals surface area contributed by atoms with Gasteiger partial charge in [0.1, 0.15) is 17.9 Å². The lowest BCUT2D eigenvalue weighted by Gasteiger charge is -2.11. The summed E-state index contributed by atoms with van der Waals surface area (Å²) in [6, 6.07) is 9.48. The number of benzene rings is 1. The molecule has 4 nitrogen and oxygen atoms in total. The molecule has 0 radical (unpaired) electrons. The van der Waals surface area contributed by atoms with E-state index in [1.165, 1.54) is 0 Å². The molecule has 0 N–H and O–H groups in total. The first-order valence-electron chi connectivity index (χ1n) is 6.49. The van der Waals surface area contributed by atoms with E-state index < -0.39 is 0 Å². The highest BCUT2D eigenvalue weighted by atomic mass is 32.1. The van der Waals surface area contributed by atoms with Gasteiger partial charge in [0, 0.05) is 23.5 Å². The molecule has 0 amide bonds. The minimum absolute atomic E-state index is 0.609. The third-order valence-corrected chi connectivity index (χ3v) is 4.10. The zero-order valence-electron chi connectivity index (χ0n) is 11.5. The quantitative estimate of drug-likeness (QED) is 0.677. The molecule has 0 bridgehead atoms. The van der Waals surface area contributed by atoms with E-state index in [1.54, 1.807) is 30.7 Å². The van der Waals surface area contributed by atoms with Gasteiger partial charge in [-0.1, -0.05) is 6.07 Å². The molecule has 0 aliphatic heterocycles. The van der Waals surface area contributed by atoms with Crippen LogP contribution in [-0.4, -0.2) is 22.9 Å². The van der Waals surface area contributed by atoms with Crippen molar-refractivity contribution in [2.75, 3.05) is 7.11 Å². The maximum Gasteiger partial charge on any atom is 0.150 e. The van der Waals surface area contributed by atoms with Crippen LogP contribution in [0.2, 0.25) is 0 Å². The molecule has 0 aliphatic rings. The topological polar surface area (TPSA) is 44.1 Å². The molecule has 1 aromatic carbocycles. The summed E-state index contributed by atoms with van der Waals surface area (Å²) in [5, 5.41) is 2.03. The number of carbonyl (C=O) groups is 1. The van der Waals surface area contributed by atoms with Crippen LogP contribution in [0, 0.1) is 0 Å². The Morgan fingerprint density at radius 2 is 2.29 bits per heavy atom. The predicted octanol–water partition coefficient (Wildman–Crippen LogP) is 3.48. The molecule has 0 fully saturated rings. The number of carbonyl (C=O) groups excluding carboxylic acids is 1. The first-order chi connectivity index (χ1) is 10.3. The van der Waals surface area contributed by atoms with Gasteiger partial charge in [0.25, 0.3) is 0 Å². The molecule has 106 valence electrons. The molecule has 3 rings (SSSR count). The van der Waals surface area contributed by atoms with Gasteiger partial charge in [-0.2, -0.15) is 0 Å². The largest absolute Gasteiger partial charge is 0.496 e. The fraction of sp³-hybridized carbons (Fsp3) is 0.125. The fourth-order valence-electron chi connectivity index (χ4n) is 2.25. The first-order valence-corrected chi connectivity index (χ1v) is 7.37. The van der Waals surface area contributed by atoms with Gasteiger partial charge in [-0.3, -0.25) is 4.79 Å². The molecule has 2 heterocycles. The Morgan fingerprint density at radius 1 is 1.38 bits per heavy atom. The van der Waals surface area contributed by atoms with E-state index >= 15 is 0 Å². The van der Waals surface area contributed by atoms with Crippen molar-refractivity contribution in [3.63, 3.8) is 0 Å². The number of rotatable bonds is 5. The van der Waals surface area contributed by atoms with Gasteiger partial charge in [0.2, 0.25) is 0 Å². The van der Waals surface area contributed by atoms with Gasteiger partial charge in [-0.15, -0.1) is 11.3 Å². The molecule has 21 heavy (non-hydrogen) atoms. The lowest BCUT2D eigenvalue weighted by Crippen LogP contribution is -2.03. The minimum atomic E-state index is 0.609. The molecule has 3 aromatic rings. The SMILES string of the molecule is COc1ccc(C=O)cc1Cn1ccnc1-c1cccs1. The average Bonchev–Trinajstić information content (AvgIpc) is 3.17. The second kappa shape index (κ2) is 5.93. The van der Waals surface area contributed by atoms with Crippen LogP contribution in [0.5, 0.6) is 5.75 Å². The molecule has 0 atom stereocenters. The normalized spacial score (nSPS) is 10.5. The number of methoxy groups -OCH3 is 1. The highest BCUT2D eigenvalue weighted by molar-refractivity contribution is 7.13. The summed E-state index contributed by atoms with van der Waals surface area (Å²) in [5.41, 5.74) is 1.60. The summed E-state index contributed by atoms with van der Waals surface area (Å²) < 4.78 is 7.43. The smallest absolute Gasteiger partial charge is 0.150 e. The van der Waals surface area contributed by atoms with Crippen molar-refractivity contribution in [3.8, 4) is 16.5 Å². The summed E-state index contributed by atoms with van der Waals surface area (Å²) in [4.78, 5) is 16.5. The third kappa shape index (κ3) is 2.73. The fourth-order valence-corrected chi connectivity index (χ4v) is 2.98. The third-order valence-electron chi connectivity index (χ3n) is 3.24. The molecule has 0 aliphatic carbocycles. The second-order valence-corrected chi connectivity index (χ2v) is 5.49. The Morgan fingerprint density at radius 3 is 3.00 bits per heavy atom. The molecule has 0 spiro atoms. The van der Waals surface area contributed by atoms with Crippen LogP contribution in [0.25, 0.3) is 10.7 Å². The van der Waals surface area contributed by atoms with Crippen LogP contribution in [0.3, 0.4) is 0 Å². The molecule has 5 heteroatoms. The van der Waals surface area contributed by atoms with E-state index in [2.05, 4.69) is 9.55 Å². The van der Waals surface area contributed by atoms with E-state index in [1.807, 2.05) is 35.8 Å². The Labute approximate surface area is 126 Å². The van der Waals surface area contributed by atoms with Crippen molar-refractivity contribution in [3.05, 3.63) is 59.2 Å². The number of ether oxygens (including phenoxy) is 1. The summed E-state index contributed by atoms with van der Waals surface area (Å²) in [6.45, 7) is 0.609. The summed E-state index contributed by atoms with van der Waals surface area (Å²) in [5.74, 6) is 1.69. The lowest BCUT2D eigenvalue weighted by molar-refractivity contribution is 0.112. The highest BCUT2D eigenvalue weighted by Gasteiger charge is 2.10. The van der Waals surface area contributed by atoms with Gasteiger partial charge >= 0.3 is 0 Å². The van der Waals surface area contributed by atoms with Crippen LogP contribution in [0.4, 0.5) is 0 Å². The van der Waals surface area contributed by atoms with E-state index in [-0.39, 0.29) is 0 Å². The zero-order chi connectivity index (χ0) is 14.7. The van der Waals surface area contributed by atoms with Crippen molar-refractivity contribution in [1.82, 2.24) is 9.55 Å². The number of hydrogen-bond donors (Lipinski definition) is 0. The van der Waals surface area contributed by atoms with E-state index in [0.29, 0.717) is 12.1 Å². The molecule has 0 saturated heterocycles. The van der Waals surface area contributed by atoms with Crippen LogP contribution in [-0.2, 0) is 6.54 Å². The van der Waals surface area contributed by atoms with E-state index in [4.69, 9.17) is 4.74 Å². The number of nitrogens with zero attached hydrogens (tertiary/aromatic N) is 2. The maximum absolute atomic E-state index is 11.0. The minimum Gasteiger partial charge on any atom is -0.496 e. The number of imidazole rings is 1. The van der Waals surface area contributed by atoms with Crippen LogP contribution < -0.4 is 4.74 Å². The zero-order valence-corrected chi connectivity index (χ0v) is 12.3. The van der Waals surface area contributed by atoms with Crippen molar-refractivity contribution in [2.24, 2.45) is 0 Å². The number of aromatic nitrogens is 2. The molecule has 2 aromatic heterocycles. The van der Waals surface area contributed by atoms with Gasteiger partial charge in [0.15, 0.2) is 0 Å². The Balaban J connectivity index is 1.98. The standard InChI is InChI=1S/C16H14N2O2S/c1-20-14-5-4-12(11-19)9-13(14)10-18-7-6-17-16(18)15-3-2-8-21-15/h2-9,11H,10H2,1H3. The Kier molecular flexibility index (Phi) is 3.83. The van der Waals surface area contributed by atoms with Crippen LogP contribution in [0.1, 0.15) is 15.9 Å². The van der Waals surface area contributed by atoms with Crippen molar-refractivity contribution < 1.29 is 9.53 Å². The number of hydrogen-bond acceptors (Lipinski definition) is 4.